The maximum Gasteiger partial charge on any atom is 0.0786 e. The minimum atomic E-state index is 0.111. The second kappa shape index (κ2) is 8.00. The largest absolute Gasteiger partial charge is 0.516 e. The molecule has 4 aliphatic rings. The van der Waals surface area contributed by atoms with Crippen LogP contribution >= 0.6 is 0 Å². The van der Waals surface area contributed by atoms with E-state index in [1.54, 1.807) is 0 Å². The monoisotopic (exact) mass is 412 g/mol. The summed E-state index contributed by atoms with van der Waals surface area (Å²) in [7, 11) is 0. The molecule has 4 aliphatic carbocycles. The Morgan fingerprint density at radius 2 is 1.93 bits per heavy atom. The highest BCUT2D eigenvalue weighted by Gasteiger charge is 2.58. The Balaban J connectivity index is 1.48. The van der Waals surface area contributed by atoms with Crippen molar-refractivity contribution in [2.45, 2.75) is 112 Å². The van der Waals surface area contributed by atoms with Crippen molar-refractivity contribution in [2.24, 2.45) is 45.8 Å². The predicted molar refractivity (Wildman–Crippen MR) is 128 cm³/mol. The third-order valence-corrected chi connectivity index (χ3v) is 11.3. The summed E-state index contributed by atoms with van der Waals surface area (Å²) in [5.41, 5.74) is 4.17. The summed E-state index contributed by atoms with van der Waals surface area (Å²) in [5, 5.41) is 9.49. The lowest BCUT2D eigenvalue weighted by atomic mass is 9.47. The van der Waals surface area contributed by atoms with Crippen LogP contribution in [0.15, 0.2) is 23.5 Å². The SMILES string of the molecule is CC(=CO)C(C)(C)CC[C@@H](C)[C@H]1CC[C@H]2[C@@H]3CC=C4CCCC[C@]4(C)[C@H]3CC[C@]12C. The fraction of sp³-hybridized carbons (Fsp3) is 0.862. The lowest BCUT2D eigenvalue weighted by Crippen LogP contribution is -2.50. The Morgan fingerprint density at radius 1 is 1.17 bits per heavy atom. The minimum Gasteiger partial charge on any atom is -0.516 e. The Morgan fingerprint density at radius 3 is 2.67 bits per heavy atom. The number of aliphatic hydroxyl groups is 1. The third kappa shape index (κ3) is 3.51. The van der Waals surface area contributed by atoms with Gasteiger partial charge in [-0.2, -0.15) is 0 Å². The van der Waals surface area contributed by atoms with Gasteiger partial charge in [-0.1, -0.05) is 52.7 Å². The molecule has 4 rings (SSSR count). The maximum atomic E-state index is 9.49. The summed E-state index contributed by atoms with van der Waals surface area (Å²) in [5.74, 6) is 4.54. The van der Waals surface area contributed by atoms with Crippen molar-refractivity contribution in [3.8, 4) is 0 Å². The molecule has 3 fully saturated rings. The molecule has 0 aromatic heterocycles. The summed E-state index contributed by atoms with van der Waals surface area (Å²) in [6, 6.07) is 0. The molecule has 0 bridgehead atoms. The van der Waals surface area contributed by atoms with Gasteiger partial charge < -0.3 is 5.11 Å². The van der Waals surface area contributed by atoms with Crippen LogP contribution in [0.4, 0.5) is 0 Å². The molecule has 3 saturated carbocycles. The van der Waals surface area contributed by atoms with Crippen LogP contribution in [-0.4, -0.2) is 5.11 Å². The van der Waals surface area contributed by atoms with Crippen LogP contribution in [0.25, 0.3) is 0 Å². The van der Waals surface area contributed by atoms with E-state index in [2.05, 4.69) is 47.6 Å². The number of aliphatic hydroxyl groups excluding tert-OH is 1. The van der Waals surface area contributed by atoms with Gasteiger partial charge in [-0.15, -0.1) is 0 Å². The molecule has 0 aromatic carbocycles. The Labute approximate surface area is 186 Å². The van der Waals surface area contributed by atoms with Crippen molar-refractivity contribution in [3.05, 3.63) is 23.5 Å². The zero-order valence-electron chi connectivity index (χ0n) is 20.8. The maximum absolute atomic E-state index is 9.49. The van der Waals surface area contributed by atoms with E-state index in [4.69, 9.17) is 0 Å². The number of allylic oxidation sites excluding steroid dienone is 3. The average molecular weight is 413 g/mol. The molecule has 1 N–H and O–H groups in total. The molecular weight excluding hydrogens is 364 g/mol. The van der Waals surface area contributed by atoms with Crippen LogP contribution in [0.1, 0.15) is 112 Å². The smallest absolute Gasteiger partial charge is 0.0786 e. The molecule has 170 valence electrons. The van der Waals surface area contributed by atoms with Crippen LogP contribution in [0.2, 0.25) is 0 Å². The fourth-order valence-corrected chi connectivity index (χ4v) is 8.84. The molecule has 0 radical (unpaired) electrons. The average Bonchev–Trinajstić information content (AvgIpc) is 3.08. The highest BCUT2D eigenvalue weighted by Crippen LogP contribution is 2.67. The van der Waals surface area contributed by atoms with Gasteiger partial charge in [0.2, 0.25) is 0 Å². The predicted octanol–water partition coefficient (Wildman–Crippen LogP) is 8.86. The zero-order valence-corrected chi connectivity index (χ0v) is 20.8. The second-order valence-electron chi connectivity index (χ2n) is 12.9. The number of hydrogen-bond acceptors (Lipinski definition) is 1. The topological polar surface area (TPSA) is 20.2 Å². The van der Waals surface area contributed by atoms with Crippen molar-refractivity contribution in [1.29, 1.82) is 0 Å². The van der Waals surface area contributed by atoms with Crippen LogP contribution in [0, 0.1) is 45.8 Å². The van der Waals surface area contributed by atoms with Crippen molar-refractivity contribution in [3.63, 3.8) is 0 Å². The number of hydrogen-bond donors (Lipinski definition) is 1. The number of rotatable bonds is 5. The van der Waals surface area contributed by atoms with Gasteiger partial charge in [-0.05, 0) is 123 Å². The zero-order chi connectivity index (χ0) is 21.7. The van der Waals surface area contributed by atoms with Gasteiger partial charge in [0.15, 0.2) is 0 Å². The van der Waals surface area contributed by atoms with Crippen molar-refractivity contribution in [2.75, 3.05) is 0 Å². The molecule has 0 heterocycles. The summed E-state index contributed by atoms with van der Waals surface area (Å²) < 4.78 is 0. The first-order chi connectivity index (χ1) is 14.1. The molecule has 0 aromatic rings. The van der Waals surface area contributed by atoms with Gasteiger partial charge in [-0.3, -0.25) is 0 Å². The third-order valence-electron chi connectivity index (χ3n) is 11.3. The minimum absolute atomic E-state index is 0.111. The van der Waals surface area contributed by atoms with Gasteiger partial charge >= 0.3 is 0 Å². The Hall–Kier alpha value is -0.720. The standard InChI is InChI=1S/C29H48O/c1-20(14-17-27(3,4)21(2)19-30)24-12-13-25-23-11-10-22-9-7-8-16-28(22,5)26(23)15-18-29(24,25)6/h10,19-20,23-26,30H,7-9,11-18H2,1-6H3/t20-,23+,24-,25+,26+,28+,29-/m1/s1. The van der Waals surface area contributed by atoms with Crippen LogP contribution in [0.5, 0.6) is 0 Å². The van der Waals surface area contributed by atoms with E-state index in [0.717, 1.165) is 35.2 Å². The second-order valence-corrected chi connectivity index (χ2v) is 12.9. The van der Waals surface area contributed by atoms with Gasteiger partial charge in [-0.25, -0.2) is 0 Å². The fourth-order valence-electron chi connectivity index (χ4n) is 8.84. The first-order valence-electron chi connectivity index (χ1n) is 13.1. The summed E-state index contributed by atoms with van der Waals surface area (Å²) in [6.45, 7) is 14.5. The highest BCUT2D eigenvalue weighted by atomic mass is 16.2. The molecule has 1 nitrogen and oxygen atoms in total. The van der Waals surface area contributed by atoms with E-state index in [-0.39, 0.29) is 5.41 Å². The first kappa shape index (κ1) is 22.5. The van der Waals surface area contributed by atoms with Gasteiger partial charge in [0.05, 0.1) is 6.26 Å². The Bertz CT molecular complexity index is 699. The van der Waals surface area contributed by atoms with Crippen LogP contribution in [-0.2, 0) is 0 Å². The van der Waals surface area contributed by atoms with E-state index >= 15 is 0 Å². The Kier molecular flexibility index (Phi) is 6.00. The molecule has 0 amide bonds. The lowest BCUT2D eigenvalue weighted by Gasteiger charge is -2.58. The highest BCUT2D eigenvalue weighted by molar-refractivity contribution is 5.24. The van der Waals surface area contributed by atoms with Crippen LogP contribution < -0.4 is 0 Å². The van der Waals surface area contributed by atoms with Crippen molar-refractivity contribution >= 4 is 0 Å². The number of fused-ring (bicyclic) bond motifs is 5. The summed E-state index contributed by atoms with van der Waals surface area (Å²) in [6.07, 6.45) is 19.5. The summed E-state index contributed by atoms with van der Waals surface area (Å²) >= 11 is 0. The molecule has 0 spiro atoms. The van der Waals surface area contributed by atoms with Crippen molar-refractivity contribution in [1.82, 2.24) is 0 Å². The van der Waals surface area contributed by atoms with Gasteiger partial charge in [0.25, 0.3) is 0 Å². The van der Waals surface area contributed by atoms with E-state index in [0.29, 0.717) is 10.8 Å². The molecule has 30 heavy (non-hydrogen) atoms. The molecule has 0 saturated heterocycles. The van der Waals surface area contributed by atoms with Gasteiger partial charge in [0.1, 0.15) is 0 Å². The normalized spacial score (nSPS) is 42.7. The quantitative estimate of drug-likeness (QED) is 0.353. The van der Waals surface area contributed by atoms with E-state index in [9.17, 15) is 5.11 Å². The first-order valence-corrected chi connectivity index (χ1v) is 13.1. The summed E-state index contributed by atoms with van der Waals surface area (Å²) in [4.78, 5) is 0. The van der Waals surface area contributed by atoms with E-state index in [1.807, 2.05) is 5.57 Å². The molecule has 7 atom stereocenters. The van der Waals surface area contributed by atoms with E-state index in [1.165, 1.54) is 76.9 Å². The lowest BCUT2D eigenvalue weighted by molar-refractivity contribution is -0.0504. The molecule has 0 unspecified atom stereocenters. The molecule has 1 heteroatoms. The van der Waals surface area contributed by atoms with Crippen LogP contribution in [0.3, 0.4) is 0 Å². The van der Waals surface area contributed by atoms with Crippen molar-refractivity contribution < 1.29 is 5.11 Å². The van der Waals surface area contributed by atoms with Gasteiger partial charge in [0, 0.05) is 0 Å². The molecular formula is C29H48O. The van der Waals surface area contributed by atoms with E-state index < -0.39 is 0 Å². The molecule has 0 aliphatic heterocycles.